The molecule has 1 unspecified atom stereocenters. The van der Waals surface area contributed by atoms with E-state index in [1.165, 1.54) is 13.4 Å². The van der Waals surface area contributed by atoms with Crippen molar-refractivity contribution in [2.24, 2.45) is 0 Å². The van der Waals surface area contributed by atoms with E-state index >= 15 is 0 Å². The van der Waals surface area contributed by atoms with Crippen molar-refractivity contribution < 1.29 is 14.6 Å². The van der Waals surface area contributed by atoms with Gasteiger partial charge in [0.2, 0.25) is 0 Å². The zero-order valence-electron chi connectivity index (χ0n) is 6.65. The van der Waals surface area contributed by atoms with Gasteiger partial charge in [-0.05, 0) is 0 Å². The Balaban J connectivity index is 3.03. The number of rotatable bonds is 3. The van der Waals surface area contributed by atoms with Crippen LogP contribution in [0.1, 0.15) is 5.56 Å². The fourth-order valence-corrected chi connectivity index (χ4v) is 0.883. The molecule has 0 spiro atoms. The maximum Gasteiger partial charge on any atom is 0.268 e. The topological polar surface area (TPSA) is 46.5 Å². The number of hydrogen-bond acceptors (Lipinski definition) is 3. The molecule has 12 heavy (non-hydrogen) atoms. The predicted octanol–water partition coefficient (Wildman–Crippen LogP) is 0.588. The highest BCUT2D eigenvalue weighted by Crippen LogP contribution is 2.18. The maximum absolute atomic E-state index is 10.4. The largest absolute Gasteiger partial charge is 0.356 e. The van der Waals surface area contributed by atoms with E-state index in [1.54, 1.807) is 30.3 Å². The molecule has 63 valence electrons. The molecule has 3 heteroatoms. The average molecular weight is 165 g/mol. The minimum atomic E-state index is -1.93. The van der Waals surface area contributed by atoms with Crippen LogP contribution in [0.25, 0.3) is 0 Å². The van der Waals surface area contributed by atoms with E-state index in [-0.39, 0.29) is 0 Å². The summed E-state index contributed by atoms with van der Waals surface area (Å²) in [6.07, 6.45) is 1.43. The van der Waals surface area contributed by atoms with Gasteiger partial charge in [-0.2, -0.15) is 0 Å². The van der Waals surface area contributed by atoms with Gasteiger partial charge in [-0.25, -0.2) is 0 Å². The summed E-state index contributed by atoms with van der Waals surface area (Å²) >= 11 is 0. The summed E-state index contributed by atoms with van der Waals surface area (Å²) in [7, 11) is 1.25. The van der Waals surface area contributed by atoms with Crippen LogP contribution >= 0.6 is 0 Å². The van der Waals surface area contributed by atoms with Crippen molar-refractivity contribution in [3.63, 3.8) is 0 Å². The van der Waals surface area contributed by atoms with Crippen LogP contribution in [0.2, 0.25) is 0 Å². The summed E-state index contributed by atoms with van der Waals surface area (Å²) in [5, 5.41) is 9.45. The smallest absolute Gasteiger partial charge is 0.268 e. The molecule has 0 saturated heterocycles. The molecule has 0 aliphatic carbocycles. The van der Waals surface area contributed by atoms with Crippen molar-refractivity contribution in [3.05, 3.63) is 35.9 Å². The minimum absolute atomic E-state index is 0.377. The highest BCUT2D eigenvalue weighted by atomic mass is 16.6. The predicted molar refractivity (Wildman–Crippen MR) is 43.0 cm³/mol. The number of hydrogen-bond donors (Lipinski definition) is 1. The van der Waals surface area contributed by atoms with E-state index in [0.717, 1.165) is 0 Å². The second-order valence-corrected chi connectivity index (χ2v) is 2.32. The first kappa shape index (κ1) is 8.90. The molecule has 1 N–H and O–H groups in total. The molecular weight excluding hydrogens is 156 g/mol. The van der Waals surface area contributed by atoms with Crippen LogP contribution in [0, 0.1) is 0 Å². The van der Waals surface area contributed by atoms with Gasteiger partial charge < -0.3 is 9.84 Å². The Morgan fingerprint density at radius 2 is 2.00 bits per heavy atom. The number of aliphatic hydroxyl groups is 1. The second-order valence-electron chi connectivity index (χ2n) is 2.32. The molecule has 0 heterocycles. The number of benzene rings is 1. The van der Waals surface area contributed by atoms with Gasteiger partial charge in [-0.1, -0.05) is 30.3 Å². The summed E-state index contributed by atoms with van der Waals surface area (Å²) in [5.41, 5.74) is 0.377. The summed E-state index contributed by atoms with van der Waals surface area (Å²) < 4.78 is 4.60. The van der Waals surface area contributed by atoms with Crippen molar-refractivity contribution in [1.29, 1.82) is 0 Å². The lowest BCUT2D eigenvalue weighted by molar-refractivity contribution is -0.136. The van der Waals surface area contributed by atoms with E-state index < -0.39 is 5.79 Å². The first-order valence-electron chi connectivity index (χ1n) is 3.45. The molecule has 0 aromatic heterocycles. The summed E-state index contributed by atoms with van der Waals surface area (Å²) in [4.78, 5) is 10.4. The zero-order valence-corrected chi connectivity index (χ0v) is 6.65. The normalized spacial score (nSPS) is 15.2. The fraction of sp³-hybridized carbons (Fsp3) is 0.222. The summed E-state index contributed by atoms with van der Waals surface area (Å²) in [6, 6.07) is 8.38. The molecule has 0 saturated carbocycles. The van der Waals surface area contributed by atoms with E-state index in [4.69, 9.17) is 0 Å². The van der Waals surface area contributed by atoms with Crippen molar-refractivity contribution >= 4 is 6.29 Å². The first-order valence-corrected chi connectivity index (χ1v) is 3.45. The van der Waals surface area contributed by atoms with Crippen LogP contribution in [0.15, 0.2) is 30.3 Å². The van der Waals surface area contributed by atoms with Gasteiger partial charge in [0.15, 0.2) is 0 Å². The standard InChI is InChI=1S/C9H9O3/c1-12-9(11,7-10)8-5-3-2-4-6-8/h2-6,11H,1H3. The lowest BCUT2D eigenvalue weighted by atomic mass is 10.1. The van der Waals surface area contributed by atoms with Gasteiger partial charge >= 0.3 is 0 Å². The third-order valence-electron chi connectivity index (χ3n) is 1.60. The zero-order chi connectivity index (χ0) is 9.03. The summed E-state index contributed by atoms with van der Waals surface area (Å²) in [5.74, 6) is -1.93. The van der Waals surface area contributed by atoms with Crippen LogP contribution in [0.3, 0.4) is 0 Å². The second kappa shape index (κ2) is 3.47. The van der Waals surface area contributed by atoms with E-state index in [9.17, 15) is 9.90 Å². The molecule has 3 nitrogen and oxygen atoms in total. The summed E-state index contributed by atoms with van der Waals surface area (Å²) in [6.45, 7) is 0. The van der Waals surface area contributed by atoms with Crippen molar-refractivity contribution in [2.45, 2.75) is 5.79 Å². The van der Waals surface area contributed by atoms with Crippen molar-refractivity contribution in [1.82, 2.24) is 0 Å². The van der Waals surface area contributed by atoms with Gasteiger partial charge in [-0.3, -0.25) is 4.79 Å². The van der Waals surface area contributed by atoms with Crippen LogP contribution in [0.5, 0.6) is 0 Å². The van der Waals surface area contributed by atoms with Gasteiger partial charge in [0.25, 0.3) is 12.1 Å². The minimum Gasteiger partial charge on any atom is -0.356 e. The van der Waals surface area contributed by atoms with Crippen molar-refractivity contribution in [3.8, 4) is 0 Å². The molecule has 0 fully saturated rings. The third-order valence-corrected chi connectivity index (χ3v) is 1.60. The maximum atomic E-state index is 10.4. The molecule has 0 aliphatic heterocycles. The highest BCUT2D eigenvalue weighted by Gasteiger charge is 2.29. The molecule has 0 bridgehead atoms. The van der Waals surface area contributed by atoms with Crippen LogP contribution < -0.4 is 0 Å². The van der Waals surface area contributed by atoms with Crippen LogP contribution in [0.4, 0.5) is 0 Å². The molecule has 0 amide bonds. The molecule has 1 radical (unpaired) electrons. The first-order chi connectivity index (χ1) is 5.73. The van der Waals surface area contributed by atoms with Gasteiger partial charge in [0.1, 0.15) is 0 Å². The molecular formula is C9H9O3. The van der Waals surface area contributed by atoms with Gasteiger partial charge in [-0.15, -0.1) is 0 Å². The monoisotopic (exact) mass is 165 g/mol. The van der Waals surface area contributed by atoms with E-state index in [1.807, 2.05) is 0 Å². The van der Waals surface area contributed by atoms with Crippen LogP contribution in [-0.2, 0) is 15.3 Å². The Morgan fingerprint density at radius 3 is 2.42 bits per heavy atom. The molecule has 1 rings (SSSR count). The molecule has 1 atom stereocenters. The van der Waals surface area contributed by atoms with Crippen LogP contribution in [-0.4, -0.2) is 18.5 Å². The lowest BCUT2D eigenvalue weighted by Gasteiger charge is -2.18. The number of carbonyl (C=O) groups excluding carboxylic acids is 1. The highest BCUT2D eigenvalue weighted by molar-refractivity contribution is 5.64. The number of ether oxygens (including phenoxy) is 1. The fourth-order valence-electron chi connectivity index (χ4n) is 0.883. The Kier molecular flexibility index (Phi) is 2.58. The molecule has 0 aliphatic rings. The average Bonchev–Trinajstić information content (AvgIpc) is 2.18. The number of methoxy groups -OCH3 is 1. The quantitative estimate of drug-likeness (QED) is 0.667. The van der Waals surface area contributed by atoms with Crippen molar-refractivity contribution in [2.75, 3.05) is 7.11 Å². The molecule has 1 aromatic rings. The SMILES string of the molecule is COC(O)([C]=O)c1ccccc1. The Morgan fingerprint density at radius 1 is 1.42 bits per heavy atom. The van der Waals surface area contributed by atoms with Gasteiger partial charge in [0, 0.05) is 12.7 Å². The Bertz CT molecular complexity index is 258. The lowest BCUT2D eigenvalue weighted by Crippen LogP contribution is -2.29. The van der Waals surface area contributed by atoms with E-state index in [0.29, 0.717) is 5.56 Å². The van der Waals surface area contributed by atoms with Gasteiger partial charge in [0.05, 0.1) is 0 Å². The Labute approximate surface area is 70.6 Å². The Hall–Kier alpha value is -1.19. The third kappa shape index (κ3) is 1.52. The van der Waals surface area contributed by atoms with E-state index in [2.05, 4.69) is 4.74 Å². The molecule has 1 aromatic carbocycles.